The van der Waals surface area contributed by atoms with Gasteiger partial charge in [0.2, 0.25) is 0 Å². The Morgan fingerprint density at radius 3 is 2.84 bits per heavy atom. The Kier molecular flexibility index (Phi) is 4.16. The fraction of sp³-hybridized carbons (Fsp3) is 0.357. The second-order valence-corrected chi connectivity index (χ2v) is 4.62. The molecule has 4 nitrogen and oxygen atoms in total. The van der Waals surface area contributed by atoms with Crippen molar-refractivity contribution in [3.8, 4) is 5.75 Å². The second-order valence-electron chi connectivity index (χ2n) is 4.62. The lowest BCUT2D eigenvalue weighted by Gasteiger charge is -2.26. The minimum Gasteiger partial charge on any atom is -0.505 e. The lowest BCUT2D eigenvalue weighted by atomic mass is 9.89. The quantitative estimate of drug-likeness (QED) is 0.729. The highest BCUT2D eigenvalue weighted by Crippen LogP contribution is 2.23. The van der Waals surface area contributed by atoms with Gasteiger partial charge in [-0.3, -0.25) is 4.79 Å². The van der Waals surface area contributed by atoms with E-state index in [-0.39, 0.29) is 18.3 Å². The molecule has 0 aromatic heterocycles. The average molecular weight is 265 g/mol. The highest BCUT2D eigenvalue weighted by molar-refractivity contribution is 5.71. The number of halogens is 1. The van der Waals surface area contributed by atoms with Crippen LogP contribution in [0.25, 0.3) is 0 Å². The Bertz CT molecular complexity index is 501. The number of benzene rings is 1. The van der Waals surface area contributed by atoms with Gasteiger partial charge in [0.15, 0.2) is 11.6 Å². The maximum atomic E-state index is 13.2. The second kappa shape index (κ2) is 5.84. The fourth-order valence-electron chi connectivity index (χ4n) is 2.26. The molecule has 3 N–H and O–H groups in total. The van der Waals surface area contributed by atoms with Crippen molar-refractivity contribution in [3.05, 3.63) is 41.7 Å². The van der Waals surface area contributed by atoms with Crippen molar-refractivity contribution in [2.24, 2.45) is 5.92 Å². The van der Waals surface area contributed by atoms with Crippen molar-refractivity contribution in [1.29, 1.82) is 0 Å². The molecular weight excluding hydrogens is 249 g/mol. The van der Waals surface area contributed by atoms with E-state index in [0.717, 1.165) is 0 Å². The Morgan fingerprint density at radius 2 is 2.11 bits per heavy atom. The van der Waals surface area contributed by atoms with Crippen molar-refractivity contribution >= 4 is 5.97 Å². The van der Waals surface area contributed by atoms with E-state index in [4.69, 9.17) is 5.11 Å². The summed E-state index contributed by atoms with van der Waals surface area (Å²) in [6, 6.07) is 4.11. The molecule has 2 rings (SSSR count). The van der Waals surface area contributed by atoms with Gasteiger partial charge in [0.25, 0.3) is 0 Å². The number of carboxylic acid groups (broad SMARTS) is 1. The summed E-state index contributed by atoms with van der Waals surface area (Å²) in [6.07, 6.45) is 4.90. The van der Waals surface area contributed by atoms with E-state index in [9.17, 15) is 14.3 Å². The van der Waals surface area contributed by atoms with Crippen molar-refractivity contribution in [1.82, 2.24) is 5.32 Å². The highest BCUT2D eigenvalue weighted by Gasteiger charge is 2.28. The molecule has 0 amide bonds. The summed E-state index contributed by atoms with van der Waals surface area (Å²) < 4.78 is 13.2. The molecule has 5 heteroatoms. The normalized spacial score (nSPS) is 22.4. The summed E-state index contributed by atoms with van der Waals surface area (Å²) >= 11 is 0. The first-order valence-corrected chi connectivity index (χ1v) is 6.17. The van der Waals surface area contributed by atoms with Crippen LogP contribution in [0.4, 0.5) is 4.39 Å². The number of rotatable bonds is 4. The van der Waals surface area contributed by atoms with Gasteiger partial charge >= 0.3 is 5.97 Å². The molecule has 2 atom stereocenters. The maximum absolute atomic E-state index is 13.2. The number of phenolic OH excluding ortho intramolecular Hbond substituents is 1. The highest BCUT2D eigenvalue weighted by atomic mass is 19.1. The van der Waals surface area contributed by atoms with E-state index in [1.165, 1.54) is 12.1 Å². The molecule has 0 bridgehead atoms. The summed E-state index contributed by atoms with van der Waals surface area (Å²) in [6.45, 7) is 0.242. The van der Waals surface area contributed by atoms with E-state index in [2.05, 4.69) is 5.32 Å². The van der Waals surface area contributed by atoms with Crippen molar-refractivity contribution in [3.63, 3.8) is 0 Å². The molecule has 19 heavy (non-hydrogen) atoms. The molecule has 0 heterocycles. The van der Waals surface area contributed by atoms with Gasteiger partial charge in [0.05, 0.1) is 5.92 Å². The molecular formula is C14H16FNO3. The van der Waals surface area contributed by atoms with Gasteiger partial charge in [-0.05, 0) is 18.9 Å². The topological polar surface area (TPSA) is 69.6 Å². The minimum absolute atomic E-state index is 0.204. The lowest BCUT2D eigenvalue weighted by molar-refractivity contribution is -0.142. The molecule has 1 aromatic carbocycles. The van der Waals surface area contributed by atoms with Crippen molar-refractivity contribution in [2.75, 3.05) is 0 Å². The van der Waals surface area contributed by atoms with E-state index >= 15 is 0 Å². The number of carboxylic acids is 1. The van der Waals surface area contributed by atoms with Crippen molar-refractivity contribution < 1.29 is 19.4 Å². The molecule has 1 aliphatic rings. The number of carbonyl (C=O) groups is 1. The molecule has 0 spiro atoms. The molecule has 0 fully saturated rings. The van der Waals surface area contributed by atoms with E-state index in [1.54, 1.807) is 6.07 Å². The fourth-order valence-corrected chi connectivity index (χ4v) is 2.26. The third-order valence-corrected chi connectivity index (χ3v) is 3.37. The lowest BCUT2D eigenvalue weighted by Crippen LogP contribution is -2.40. The van der Waals surface area contributed by atoms with Gasteiger partial charge in [-0.15, -0.1) is 0 Å². The molecule has 0 radical (unpaired) electrons. The zero-order chi connectivity index (χ0) is 13.8. The zero-order valence-electron chi connectivity index (χ0n) is 10.3. The van der Waals surface area contributed by atoms with Crippen LogP contribution in [-0.2, 0) is 11.3 Å². The number of phenols is 1. The van der Waals surface area contributed by atoms with Crippen LogP contribution in [0.1, 0.15) is 18.4 Å². The van der Waals surface area contributed by atoms with Crippen LogP contribution in [-0.4, -0.2) is 22.2 Å². The molecule has 0 unspecified atom stereocenters. The summed E-state index contributed by atoms with van der Waals surface area (Å²) in [7, 11) is 0. The summed E-state index contributed by atoms with van der Waals surface area (Å²) in [5.41, 5.74) is 0.429. The molecule has 102 valence electrons. The Balaban J connectivity index is 2.03. The Morgan fingerprint density at radius 1 is 1.37 bits per heavy atom. The van der Waals surface area contributed by atoms with Crippen LogP contribution in [0.5, 0.6) is 5.75 Å². The third kappa shape index (κ3) is 3.12. The smallest absolute Gasteiger partial charge is 0.308 e. The third-order valence-electron chi connectivity index (χ3n) is 3.37. The summed E-state index contributed by atoms with van der Waals surface area (Å²) in [5.74, 6) is -2.38. The first kappa shape index (κ1) is 13.5. The summed E-state index contributed by atoms with van der Waals surface area (Å²) in [5, 5.41) is 21.8. The molecule has 1 aliphatic carbocycles. The van der Waals surface area contributed by atoms with Crippen LogP contribution in [0.2, 0.25) is 0 Å². The maximum Gasteiger partial charge on any atom is 0.308 e. The Hall–Kier alpha value is -1.88. The number of aromatic hydroxyl groups is 1. The van der Waals surface area contributed by atoms with Gasteiger partial charge in [0.1, 0.15) is 0 Å². The van der Waals surface area contributed by atoms with Gasteiger partial charge in [-0.25, -0.2) is 4.39 Å². The van der Waals surface area contributed by atoms with Gasteiger partial charge in [-0.2, -0.15) is 0 Å². The predicted octanol–water partition coefficient (Wildman–Crippen LogP) is 2.04. The zero-order valence-corrected chi connectivity index (χ0v) is 10.3. The summed E-state index contributed by atoms with van der Waals surface area (Å²) in [4.78, 5) is 11.1. The first-order valence-electron chi connectivity index (χ1n) is 6.17. The van der Waals surface area contributed by atoms with Crippen LogP contribution in [0, 0.1) is 11.7 Å². The Labute approximate surface area is 110 Å². The molecule has 1 aromatic rings. The average Bonchev–Trinajstić information content (AvgIpc) is 2.40. The first-order chi connectivity index (χ1) is 9.09. The SMILES string of the molecule is O=C(O)[C@@H]1CC=CC[C@@H]1NCc1cccc(F)c1O. The number of para-hydroxylation sites is 1. The molecule has 0 saturated heterocycles. The standard InChI is InChI=1S/C14H16FNO3/c15-11-6-3-4-9(13(11)17)8-16-12-7-2-1-5-10(12)14(18)19/h1-4,6,10,12,16-17H,5,7-8H2,(H,18,19)/t10-,12+/m1/s1. The van der Waals surface area contributed by atoms with Crippen LogP contribution >= 0.6 is 0 Å². The largest absolute Gasteiger partial charge is 0.505 e. The van der Waals surface area contributed by atoms with E-state index in [1.807, 2.05) is 12.2 Å². The number of hydrogen-bond donors (Lipinski definition) is 3. The van der Waals surface area contributed by atoms with Gasteiger partial charge < -0.3 is 15.5 Å². The molecule has 0 saturated carbocycles. The number of nitrogens with one attached hydrogen (secondary N) is 1. The monoisotopic (exact) mass is 265 g/mol. The van der Waals surface area contributed by atoms with Crippen LogP contribution < -0.4 is 5.32 Å². The van der Waals surface area contributed by atoms with Crippen LogP contribution in [0.3, 0.4) is 0 Å². The number of aliphatic carboxylic acids is 1. The van der Waals surface area contributed by atoms with Crippen molar-refractivity contribution in [2.45, 2.75) is 25.4 Å². The van der Waals surface area contributed by atoms with Gasteiger partial charge in [0, 0.05) is 18.2 Å². The predicted molar refractivity (Wildman–Crippen MR) is 68.2 cm³/mol. The number of allylic oxidation sites excluding steroid dienone is 1. The van der Waals surface area contributed by atoms with E-state index < -0.39 is 17.7 Å². The molecule has 0 aliphatic heterocycles. The van der Waals surface area contributed by atoms with E-state index in [0.29, 0.717) is 18.4 Å². The number of hydrogen-bond acceptors (Lipinski definition) is 3. The van der Waals surface area contributed by atoms with Gasteiger partial charge in [-0.1, -0.05) is 24.3 Å². The minimum atomic E-state index is -0.842. The van der Waals surface area contributed by atoms with Crippen LogP contribution in [0.15, 0.2) is 30.4 Å².